The van der Waals surface area contributed by atoms with Crippen LogP contribution < -0.4 is 5.32 Å². The van der Waals surface area contributed by atoms with Crippen molar-refractivity contribution >= 4 is 11.0 Å². The molecule has 0 bridgehead atoms. The van der Waals surface area contributed by atoms with Gasteiger partial charge in [0.1, 0.15) is 5.82 Å². The molecule has 1 aliphatic heterocycles. The number of nitrogens with one attached hydrogen (secondary N) is 2. The van der Waals surface area contributed by atoms with Crippen molar-refractivity contribution in [2.24, 2.45) is 0 Å². The van der Waals surface area contributed by atoms with E-state index in [0.717, 1.165) is 29.9 Å². The molecule has 1 aromatic heterocycles. The number of imidazole rings is 1. The Labute approximate surface area is 102 Å². The molecule has 17 heavy (non-hydrogen) atoms. The van der Waals surface area contributed by atoms with Gasteiger partial charge >= 0.3 is 0 Å². The molecule has 2 heterocycles. The van der Waals surface area contributed by atoms with Crippen molar-refractivity contribution in [2.45, 2.75) is 32.6 Å². The van der Waals surface area contributed by atoms with E-state index in [4.69, 9.17) is 0 Å². The van der Waals surface area contributed by atoms with Gasteiger partial charge in [-0.05, 0) is 69.0 Å². The van der Waals surface area contributed by atoms with Gasteiger partial charge in [0.05, 0.1) is 11.0 Å². The Morgan fingerprint density at radius 2 is 1.94 bits per heavy atom. The average molecular weight is 229 g/mol. The summed E-state index contributed by atoms with van der Waals surface area (Å²) in [6.45, 7) is 6.51. The lowest BCUT2D eigenvalue weighted by Crippen LogP contribution is -2.26. The van der Waals surface area contributed by atoms with E-state index in [1.165, 1.54) is 24.0 Å². The number of nitrogens with zero attached hydrogens (tertiary/aromatic N) is 1. The van der Waals surface area contributed by atoms with Crippen molar-refractivity contribution in [2.75, 3.05) is 13.1 Å². The third-order valence-electron chi connectivity index (χ3n) is 3.77. The molecule has 1 aliphatic rings. The second-order valence-corrected chi connectivity index (χ2v) is 5.07. The molecule has 0 saturated carbocycles. The number of fused-ring (bicyclic) bond motifs is 1. The first kappa shape index (κ1) is 10.8. The lowest BCUT2D eigenvalue weighted by molar-refractivity contribution is 0.459. The molecule has 3 rings (SSSR count). The molecule has 2 N–H and O–H groups in total. The fourth-order valence-electron chi connectivity index (χ4n) is 2.88. The van der Waals surface area contributed by atoms with E-state index in [2.05, 4.69) is 34.3 Å². The van der Waals surface area contributed by atoms with Crippen molar-refractivity contribution in [1.29, 1.82) is 0 Å². The maximum absolute atomic E-state index is 4.54. The van der Waals surface area contributed by atoms with Crippen LogP contribution in [0.4, 0.5) is 0 Å². The molecule has 90 valence electrons. The van der Waals surface area contributed by atoms with E-state index < -0.39 is 0 Å². The standard InChI is InChI=1S/C14H19N3/c1-9-7-13-14(17-10(2)16-13)8-12(9)11-3-5-15-6-4-11/h7-8,11,15H,3-6H2,1-2H3,(H,16,17). The highest BCUT2D eigenvalue weighted by Gasteiger charge is 2.18. The van der Waals surface area contributed by atoms with Crippen LogP contribution in [-0.2, 0) is 0 Å². The number of piperidine rings is 1. The SMILES string of the molecule is Cc1nc2cc(C3CCNCC3)c(C)cc2[nH]1. The number of aryl methyl sites for hydroxylation is 2. The molecule has 3 heteroatoms. The Kier molecular flexibility index (Phi) is 2.63. The Bertz CT molecular complexity index is 536. The lowest BCUT2D eigenvalue weighted by atomic mass is 9.87. The minimum Gasteiger partial charge on any atom is -0.342 e. The number of aromatic amines is 1. The quantitative estimate of drug-likeness (QED) is 0.789. The Morgan fingerprint density at radius 1 is 1.18 bits per heavy atom. The van der Waals surface area contributed by atoms with Crippen LogP contribution >= 0.6 is 0 Å². The summed E-state index contributed by atoms with van der Waals surface area (Å²) in [5.41, 5.74) is 5.16. The molecule has 1 aromatic carbocycles. The number of hydrogen-bond acceptors (Lipinski definition) is 2. The van der Waals surface area contributed by atoms with Crippen LogP contribution in [0, 0.1) is 13.8 Å². The highest BCUT2D eigenvalue weighted by atomic mass is 14.9. The zero-order valence-corrected chi connectivity index (χ0v) is 10.5. The third-order valence-corrected chi connectivity index (χ3v) is 3.77. The summed E-state index contributed by atoms with van der Waals surface area (Å²) >= 11 is 0. The second-order valence-electron chi connectivity index (χ2n) is 5.07. The Hall–Kier alpha value is -1.35. The lowest BCUT2D eigenvalue weighted by Gasteiger charge is -2.24. The largest absolute Gasteiger partial charge is 0.342 e. The molecule has 3 nitrogen and oxygen atoms in total. The summed E-state index contributed by atoms with van der Waals surface area (Å²) in [7, 11) is 0. The maximum Gasteiger partial charge on any atom is 0.104 e. The van der Waals surface area contributed by atoms with Crippen molar-refractivity contribution in [1.82, 2.24) is 15.3 Å². The predicted molar refractivity (Wildman–Crippen MR) is 70.4 cm³/mol. The number of H-pyrrole nitrogens is 1. The molecule has 2 aromatic rings. The highest BCUT2D eigenvalue weighted by Crippen LogP contribution is 2.30. The van der Waals surface area contributed by atoms with E-state index in [-0.39, 0.29) is 0 Å². The monoisotopic (exact) mass is 229 g/mol. The van der Waals surface area contributed by atoms with Gasteiger partial charge < -0.3 is 10.3 Å². The number of benzene rings is 1. The molecular weight excluding hydrogens is 210 g/mol. The van der Waals surface area contributed by atoms with Crippen LogP contribution in [0.2, 0.25) is 0 Å². The third kappa shape index (κ3) is 1.95. The van der Waals surface area contributed by atoms with Gasteiger partial charge in [-0.25, -0.2) is 4.98 Å². The molecule has 0 unspecified atom stereocenters. The summed E-state index contributed by atoms with van der Waals surface area (Å²) in [6, 6.07) is 4.52. The van der Waals surface area contributed by atoms with E-state index in [0.29, 0.717) is 5.92 Å². The summed E-state index contributed by atoms with van der Waals surface area (Å²) in [6.07, 6.45) is 2.49. The van der Waals surface area contributed by atoms with E-state index in [1.54, 1.807) is 0 Å². The van der Waals surface area contributed by atoms with Gasteiger partial charge in [0.2, 0.25) is 0 Å². The van der Waals surface area contributed by atoms with Crippen LogP contribution in [0.15, 0.2) is 12.1 Å². The molecule has 1 saturated heterocycles. The smallest absolute Gasteiger partial charge is 0.104 e. The number of hydrogen-bond donors (Lipinski definition) is 2. The Morgan fingerprint density at radius 3 is 2.71 bits per heavy atom. The zero-order chi connectivity index (χ0) is 11.8. The summed E-state index contributed by atoms with van der Waals surface area (Å²) in [5, 5.41) is 3.42. The minimum absolute atomic E-state index is 0.706. The highest BCUT2D eigenvalue weighted by molar-refractivity contribution is 5.77. The van der Waals surface area contributed by atoms with Gasteiger partial charge in [-0.3, -0.25) is 0 Å². The van der Waals surface area contributed by atoms with Crippen LogP contribution in [-0.4, -0.2) is 23.1 Å². The summed E-state index contributed by atoms with van der Waals surface area (Å²) in [4.78, 5) is 7.84. The van der Waals surface area contributed by atoms with E-state index in [9.17, 15) is 0 Å². The van der Waals surface area contributed by atoms with Gasteiger partial charge in [-0.2, -0.15) is 0 Å². The van der Waals surface area contributed by atoms with Crippen LogP contribution in [0.3, 0.4) is 0 Å². The number of aromatic nitrogens is 2. The molecule has 0 amide bonds. The molecule has 0 atom stereocenters. The fraction of sp³-hybridized carbons (Fsp3) is 0.500. The van der Waals surface area contributed by atoms with Gasteiger partial charge in [-0.15, -0.1) is 0 Å². The second kappa shape index (κ2) is 4.15. The van der Waals surface area contributed by atoms with E-state index >= 15 is 0 Å². The Balaban J connectivity index is 2.05. The summed E-state index contributed by atoms with van der Waals surface area (Å²) in [5.74, 6) is 1.71. The maximum atomic E-state index is 4.54. The topological polar surface area (TPSA) is 40.7 Å². The molecule has 0 radical (unpaired) electrons. The van der Waals surface area contributed by atoms with Crippen molar-refractivity contribution in [3.8, 4) is 0 Å². The van der Waals surface area contributed by atoms with Crippen molar-refractivity contribution in [3.63, 3.8) is 0 Å². The van der Waals surface area contributed by atoms with Crippen LogP contribution in [0.5, 0.6) is 0 Å². The average Bonchev–Trinajstić information content (AvgIpc) is 2.68. The van der Waals surface area contributed by atoms with Gasteiger partial charge in [0.15, 0.2) is 0 Å². The van der Waals surface area contributed by atoms with Gasteiger partial charge in [0, 0.05) is 0 Å². The van der Waals surface area contributed by atoms with E-state index in [1.807, 2.05) is 6.92 Å². The van der Waals surface area contributed by atoms with Gasteiger partial charge in [0.25, 0.3) is 0 Å². The summed E-state index contributed by atoms with van der Waals surface area (Å²) < 4.78 is 0. The van der Waals surface area contributed by atoms with Crippen molar-refractivity contribution in [3.05, 3.63) is 29.1 Å². The molecule has 1 fully saturated rings. The first-order valence-corrected chi connectivity index (χ1v) is 6.41. The zero-order valence-electron chi connectivity index (χ0n) is 10.5. The van der Waals surface area contributed by atoms with Crippen molar-refractivity contribution < 1.29 is 0 Å². The molecule has 0 spiro atoms. The minimum atomic E-state index is 0.706. The van der Waals surface area contributed by atoms with Crippen LogP contribution in [0.1, 0.15) is 35.7 Å². The normalized spacial score (nSPS) is 17.8. The predicted octanol–water partition coefficient (Wildman–Crippen LogP) is 2.65. The molecule has 0 aliphatic carbocycles. The van der Waals surface area contributed by atoms with Gasteiger partial charge in [-0.1, -0.05) is 0 Å². The molecular formula is C14H19N3. The number of rotatable bonds is 1. The first-order valence-electron chi connectivity index (χ1n) is 6.41. The van der Waals surface area contributed by atoms with Crippen LogP contribution in [0.25, 0.3) is 11.0 Å². The fourth-order valence-corrected chi connectivity index (χ4v) is 2.88. The first-order chi connectivity index (χ1) is 8.24.